The Morgan fingerprint density at radius 3 is 2.38 bits per heavy atom. The minimum absolute atomic E-state index is 0.0324. The summed E-state index contributed by atoms with van der Waals surface area (Å²) < 4.78 is 27.8. The maximum Gasteiger partial charge on any atom is 0.149 e. The summed E-state index contributed by atoms with van der Waals surface area (Å²) in [4.78, 5) is 0. The van der Waals surface area contributed by atoms with Gasteiger partial charge in [0, 0.05) is 11.1 Å². The van der Waals surface area contributed by atoms with E-state index in [0.29, 0.717) is 18.4 Å². The van der Waals surface area contributed by atoms with Gasteiger partial charge in [-0.3, -0.25) is 0 Å². The predicted molar refractivity (Wildman–Crippen MR) is 60.4 cm³/mol. The molecule has 0 heterocycles. The number of hydrogen-bond acceptors (Lipinski definition) is 1. The Labute approximate surface area is 98.6 Å². The summed E-state index contributed by atoms with van der Waals surface area (Å²) in [5.41, 5.74) is 5.51. The fourth-order valence-electron chi connectivity index (χ4n) is 2.42. The highest BCUT2D eigenvalue weighted by atomic mass is 35.5. The Morgan fingerprint density at radius 1 is 1.25 bits per heavy atom. The molecule has 0 saturated heterocycles. The average Bonchev–Trinajstić information content (AvgIpc) is 2.63. The Kier molecular flexibility index (Phi) is 2.93. The summed E-state index contributed by atoms with van der Waals surface area (Å²) in [5, 5.41) is -0.0503. The van der Waals surface area contributed by atoms with Gasteiger partial charge in [-0.05, 0) is 31.4 Å². The van der Waals surface area contributed by atoms with Gasteiger partial charge in [-0.2, -0.15) is 0 Å². The Bertz CT molecular complexity index is 399. The van der Waals surface area contributed by atoms with E-state index in [1.54, 1.807) is 6.92 Å². The van der Waals surface area contributed by atoms with Crippen LogP contribution in [0.2, 0.25) is 5.02 Å². The summed E-state index contributed by atoms with van der Waals surface area (Å²) in [7, 11) is 0. The summed E-state index contributed by atoms with van der Waals surface area (Å²) in [6.07, 6.45) is 3.03. The van der Waals surface area contributed by atoms with E-state index in [-0.39, 0.29) is 10.6 Å². The Hall–Kier alpha value is -0.670. The minimum atomic E-state index is -0.885. The largest absolute Gasteiger partial charge is 0.321 e. The van der Waals surface area contributed by atoms with Gasteiger partial charge in [0.15, 0.2) is 0 Å². The number of halogens is 3. The quantitative estimate of drug-likeness (QED) is 0.751. The van der Waals surface area contributed by atoms with Crippen LogP contribution in [0.5, 0.6) is 0 Å². The highest BCUT2D eigenvalue weighted by molar-refractivity contribution is 6.30. The van der Waals surface area contributed by atoms with E-state index in [1.165, 1.54) is 6.07 Å². The molecule has 1 aromatic carbocycles. The van der Waals surface area contributed by atoms with E-state index in [0.717, 1.165) is 12.8 Å². The molecule has 0 spiro atoms. The zero-order chi connectivity index (χ0) is 11.9. The van der Waals surface area contributed by atoms with Crippen LogP contribution in [-0.4, -0.2) is 0 Å². The SMILES string of the molecule is Cc1cc(Cl)c(F)c(C2(N)CCCC2)c1F. The third kappa shape index (κ3) is 1.72. The van der Waals surface area contributed by atoms with Crippen LogP contribution < -0.4 is 5.73 Å². The minimum Gasteiger partial charge on any atom is -0.321 e. The van der Waals surface area contributed by atoms with Crippen LogP contribution in [0.25, 0.3) is 0 Å². The molecule has 1 nitrogen and oxygen atoms in total. The normalized spacial score (nSPS) is 19.1. The van der Waals surface area contributed by atoms with Gasteiger partial charge < -0.3 is 5.73 Å². The summed E-state index contributed by atoms with van der Waals surface area (Å²) in [5.74, 6) is -1.25. The fourth-order valence-corrected chi connectivity index (χ4v) is 2.68. The molecule has 1 fully saturated rings. The van der Waals surface area contributed by atoms with Crippen molar-refractivity contribution in [1.29, 1.82) is 0 Å². The number of hydrogen-bond donors (Lipinski definition) is 1. The lowest BCUT2D eigenvalue weighted by atomic mass is 9.87. The van der Waals surface area contributed by atoms with Gasteiger partial charge in [0.05, 0.1) is 5.02 Å². The van der Waals surface area contributed by atoms with Crippen LogP contribution >= 0.6 is 11.6 Å². The average molecular weight is 246 g/mol. The van der Waals surface area contributed by atoms with E-state index >= 15 is 0 Å². The van der Waals surface area contributed by atoms with Crippen LogP contribution in [0, 0.1) is 18.6 Å². The molecular weight excluding hydrogens is 232 g/mol. The molecule has 0 amide bonds. The maximum absolute atomic E-state index is 14.0. The Morgan fingerprint density at radius 2 is 1.81 bits per heavy atom. The van der Waals surface area contributed by atoms with E-state index < -0.39 is 17.2 Å². The fraction of sp³-hybridized carbons (Fsp3) is 0.500. The van der Waals surface area contributed by atoms with E-state index in [9.17, 15) is 8.78 Å². The lowest BCUT2D eigenvalue weighted by Gasteiger charge is -2.26. The molecule has 88 valence electrons. The van der Waals surface area contributed by atoms with Crippen molar-refractivity contribution in [1.82, 2.24) is 0 Å². The first-order chi connectivity index (χ1) is 7.46. The van der Waals surface area contributed by atoms with Gasteiger partial charge in [0.2, 0.25) is 0 Å². The van der Waals surface area contributed by atoms with Crippen LogP contribution in [0.15, 0.2) is 6.07 Å². The monoisotopic (exact) mass is 245 g/mol. The molecule has 4 heteroatoms. The zero-order valence-corrected chi connectivity index (χ0v) is 9.87. The molecule has 0 unspecified atom stereocenters. The molecular formula is C12H14ClF2N. The Balaban J connectivity index is 2.63. The van der Waals surface area contributed by atoms with Crippen molar-refractivity contribution in [3.63, 3.8) is 0 Å². The van der Waals surface area contributed by atoms with Crippen molar-refractivity contribution in [3.05, 3.63) is 33.9 Å². The summed E-state index contributed by atoms with van der Waals surface area (Å²) in [6.45, 7) is 1.57. The molecule has 2 rings (SSSR count). The van der Waals surface area contributed by atoms with Crippen LogP contribution in [0.4, 0.5) is 8.78 Å². The van der Waals surface area contributed by atoms with Crippen molar-refractivity contribution in [3.8, 4) is 0 Å². The lowest BCUT2D eigenvalue weighted by molar-refractivity contribution is 0.403. The maximum atomic E-state index is 14.0. The number of rotatable bonds is 1. The standard InChI is InChI=1S/C12H14ClF2N/c1-7-6-8(13)11(15)9(10(7)14)12(16)4-2-3-5-12/h6H,2-5,16H2,1H3. The number of nitrogens with two attached hydrogens (primary N) is 1. The van der Waals surface area contributed by atoms with Crippen molar-refractivity contribution >= 4 is 11.6 Å². The first-order valence-electron chi connectivity index (χ1n) is 5.39. The van der Waals surface area contributed by atoms with E-state index in [4.69, 9.17) is 17.3 Å². The van der Waals surface area contributed by atoms with Crippen LogP contribution in [0.1, 0.15) is 36.8 Å². The topological polar surface area (TPSA) is 26.0 Å². The van der Waals surface area contributed by atoms with E-state index in [1.807, 2.05) is 0 Å². The van der Waals surface area contributed by atoms with Crippen molar-refractivity contribution in [2.24, 2.45) is 5.73 Å². The molecule has 0 radical (unpaired) electrons. The van der Waals surface area contributed by atoms with Crippen molar-refractivity contribution in [2.75, 3.05) is 0 Å². The van der Waals surface area contributed by atoms with Crippen LogP contribution in [-0.2, 0) is 5.54 Å². The van der Waals surface area contributed by atoms with E-state index in [2.05, 4.69) is 0 Å². The molecule has 2 N–H and O–H groups in total. The molecule has 0 aromatic heterocycles. The molecule has 16 heavy (non-hydrogen) atoms. The molecule has 0 aliphatic heterocycles. The van der Waals surface area contributed by atoms with Gasteiger partial charge in [-0.15, -0.1) is 0 Å². The molecule has 1 saturated carbocycles. The second kappa shape index (κ2) is 3.97. The molecule has 1 aliphatic rings. The van der Waals surface area contributed by atoms with Gasteiger partial charge in [-0.1, -0.05) is 24.4 Å². The third-order valence-corrected chi connectivity index (χ3v) is 3.61. The first kappa shape index (κ1) is 11.8. The zero-order valence-electron chi connectivity index (χ0n) is 9.12. The van der Waals surface area contributed by atoms with Gasteiger partial charge >= 0.3 is 0 Å². The molecule has 0 atom stereocenters. The van der Waals surface area contributed by atoms with Gasteiger partial charge in [0.25, 0.3) is 0 Å². The highest BCUT2D eigenvalue weighted by Crippen LogP contribution is 2.41. The molecule has 1 aliphatic carbocycles. The summed E-state index contributed by atoms with van der Waals surface area (Å²) in [6, 6.07) is 1.30. The lowest BCUT2D eigenvalue weighted by Crippen LogP contribution is -2.35. The van der Waals surface area contributed by atoms with Gasteiger partial charge in [0.1, 0.15) is 11.6 Å². The molecule has 1 aromatic rings. The first-order valence-corrected chi connectivity index (χ1v) is 5.77. The van der Waals surface area contributed by atoms with Gasteiger partial charge in [-0.25, -0.2) is 8.78 Å². The predicted octanol–water partition coefficient (Wildman–Crippen LogP) is 3.65. The van der Waals surface area contributed by atoms with Crippen molar-refractivity contribution in [2.45, 2.75) is 38.1 Å². The number of benzene rings is 1. The van der Waals surface area contributed by atoms with Crippen molar-refractivity contribution < 1.29 is 8.78 Å². The number of aryl methyl sites for hydroxylation is 1. The smallest absolute Gasteiger partial charge is 0.149 e. The summed E-state index contributed by atoms with van der Waals surface area (Å²) >= 11 is 5.73. The molecule has 0 bridgehead atoms. The second-order valence-electron chi connectivity index (χ2n) is 4.54. The second-order valence-corrected chi connectivity index (χ2v) is 4.95. The highest BCUT2D eigenvalue weighted by Gasteiger charge is 2.37. The third-order valence-electron chi connectivity index (χ3n) is 3.33. The van der Waals surface area contributed by atoms with Crippen LogP contribution in [0.3, 0.4) is 0 Å².